The van der Waals surface area contributed by atoms with Gasteiger partial charge in [-0.3, -0.25) is 9.59 Å². The number of carboxylic acids is 1. The van der Waals surface area contributed by atoms with Crippen LogP contribution in [-0.4, -0.2) is 48.3 Å². The zero-order chi connectivity index (χ0) is 22.9. The predicted molar refractivity (Wildman–Crippen MR) is 119 cm³/mol. The molecule has 0 fully saturated rings. The minimum absolute atomic E-state index is 0. The van der Waals surface area contributed by atoms with Crippen LogP contribution < -0.4 is 51.4 Å². The zero-order valence-corrected chi connectivity index (χ0v) is 24.0. The Labute approximate surface area is 238 Å². The first kappa shape index (κ1) is 30.3. The summed E-state index contributed by atoms with van der Waals surface area (Å²) in [4.78, 5) is 22.7. The molecule has 0 saturated heterocycles. The second-order valence-electron chi connectivity index (χ2n) is 8.69. The molecule has 0 aromatic carbocycles. The van der Waals surface area contributed by atoms with E-state index in [9.17, 15) is 18.0 Å². The third-order valence-corrected chi connectivity index (χ3v) is 7.48. The Balaban J connectivity index is 0.000000324. The Hall–Kier alpha value is -0.754. The first-order valence-corrected chi connectivity index (χ1v) is 12.5. The second kappa shape index (κ2) is 12.3. The predicted octanol–water partition coefficient (Wildman–Crippen LogP) is 0.542. The van der Waals surface area contributed by atoms with Gasteiger partial charge < -0.3 is 15.3 Å². The Morgan fingerprint density at radius 2 is 1.73 bits per heavy atom. The number of carbonyl (C=O) groups is 2. The smallest absolute Gasteiger partial charge is 0.870 e. The molecule has 3 aliphatic rings. The molecule has 0 amide bonds. The Bertz CT molecular complexity index is 1070. The Kier molecular flexibility index (Phi) is 11.3. The molecule has 0 saturated carbocycles. The molecule has 4 rings (SSSR count). The van der Waals surface area contributed by atoms with Crippen LogP contribution >= 0.6 is 0 Å². The average molecular weight is 506 g/mol. The van der Waals surface area contributed by atoms with Gasteiger partial charge in [-0.2, -0.15) is 0 Å². The Morgan fingerprint density at radius 1 is 1.12 bits per heavy atom. The summed E-state index contributed by atoms with van der Waals surface area (Å²) in [5.74, 6) is -1.50. The molecule has 1 heterocycles. The fourth-order valence-corrected chi connectivity index (χ4v) is 6.26. The molecular formula is C23H32KNO7S. The summed E-state index contributed by atoms with van der Waals surface area (Å²) in [5, 5.41) is 9.01. The van der Waals surface area contributed by atoms with E-state index in [4.69, 9.17) is 9.84 Å². The fourth-order valence-electron chi connectivity index (χ4n) is 5.09. The average Bonchev–Trinajstić information content (AvgIpc) is 3.24. The van der Waals surface area contributed by atoms with Crippen LogP contribution in [0.15, 0.2) is 28.9 Å². The molecule has 10 heteroatoms. The minimum atomic E-state index is -3.32. The van der Waals surface area contributed by atoms with Crippen molar-refractivity contribution in [2.75, 3.05) is 13.4 Å². The van der Waals surface area contributed by atoms with Gasteiger partial charge in [0, 0.05) is 11.4 Å². The third-order valence-electron chi connectivity index (χ3n) is 6.31. The van der Waals surface area contributed by atoms with Crippen molar-refractivity contribution in [2.45, 2.75) is 64.7 Å². The first-order valence-electron chi connectivity index (χ1n) is 10.7. The maximum absolute atomic E-state index is 11.8. The van der Waals surface area contributed by atoms with Crippen LogP contribution in [-0.2, 0) is 30.8 Å². The molecule has 33 heavy (non-hydrogen) atoms. The summed E-state index contributed by atoms with van der Waals surface area (Å²) in [5.41, 5.74) is 5.98. The van der Waals surface area contributed by atoms with E-state index in [1.54, 1.807) is 13.0 Å². The third kappa shape index (κ3) is 6.68. The topological polar surface area (TPSA) is 133 Å². The summed E-state index contributed by atoms with van der Waals surface area (Å²) < 4.78 is 29.7. The maximum Gasteiger partial charge on any atom is 1.00 e. The number of methoxy groups -OCH3 is 1. The van der Waals surface area contributed by atoms with Gasteiger partial charge in [-0.05, 0) is 76.0 Å². The molecular weight excluding hydrogens is 473 g/mol. The van der Waals surface area contributed by atoms with Crippen LogP contribution in [0.4, 0.5) is 0 Å². The summed E-state index contributed by atoms with van der Waals surface area (Å²) in [7, 11) is -1.96. The molecule has 0 radical (unpaired) electrons. The monoisotopic (exact) mass is 505 g/mol. The SMILES string of the molecule is CC1=CC2=C(CCCC2C(=O)O)C1.COC(=O)C1CCCc2c1cc(C)n2S(C)(=O)=O.[K+].[OH-]. The van der Waals surface area contributed by atoms with E-state index in [-0.39, 0.29) is 74.7 Å². The zero-order valence-electron chi connectivity index (χ0n) is 20.1. The van der Waals surface area contributed by atoms with E-state index in [2.05, 4.69) is 13.0 Å². The number of rotatable bonds is 3. The Morgan fingerprint density at radius 3 is 2.30 bits per heavy atom. The number of nitrogens with zero attached hydrogens (tertiary/aromatic N) is 1. The number of esters is 1. The molecule has 0 aliphatic heterocycles. The van der Waals surface area contributed by atoms with Crippen molar-refractivity contribution in [2.24, 2.45) is 5.92 Å². The van der Waals surface area contributed by atoms with Gasteiger partial charge in [-0.25, -0.2) is 12.4 Å². The van der Waals surface area contributed by atoms with Gasteiger partial charge in [-0.15, -0.1) is 0 Å². The van der Waals surface area contributed by atoms with Crippen LogP contribution in [0.2, 0.25) is 0 Å². The second-order valence-corrected chi connectivity index (χ2v) is 10.5. The van der Waals surface area contributed by atoms with E-state index in [1.807, 2.05) is 0 Å². The van der Waals surface area contributed by atoms with Gasteiger partial charge in [0.05, 0.1) is 25.2 Å². The van der Waals surface area contributed by atoms with Crippen LogP contribution in [0, 0.1) is 12.8 Å². The van der Waals surface area contributed by atoms with E-state index in [1.165, 1.54) is 28.5 Å². The first-order chi connectivity index (χ1) is 14.5. The standard InChI is InChI=1S/C12H17NO4S.C11H14O2.K.H2O/c1-8-7-10-9(12(14)17-2)5-4-6-11(10)13(8)18(3,15)16;1-7-5-8-3-2-4-9(11(12)13)10(8)6-7;;/h7,9H,4-6H2,1-3H3;6,9H,2-5H2,1H3,(H,12,13);;1H2/q;;+1;/p-1. The van der Waals surface area contributed by atoms with Crippen LogP contribution in [0.1, 0.15) is 68.3 Å². The molecule has 8 nitrogen and oxygen atoms in total. The quantitative estimate of drug-likeness (QED) is 0.468. The van der Waals surface area contributed by atoms with Crippen LogP contribution in [0.5, 0.6) is 0 Å². The van der Waals surface area contributed by atoms with Crippen molar-refractivity contribution in [3.63, 3.8) is 0 Å². The van der Waals surface area contributed by atoms with Crippen molar-refractivity contribution < 1.29 is 84.7 Å². The summed E-state index contributed by atoms with van der Waals surface area (Å²) >= 11 is 0. The molecule has 1 aromatic heterocycles. The van der Waals surface area contributed by atoms with Crippen LogP contribution in [0.25, 0.3) is 0 Å². The number of hydrogen-bond acceptors (Lipinski definition) is 6. The molecule has 2 atom stereocenters. The van der Waals surface area contributed by atoms with Crippen molar-refractivity contribution >= 4 is 22.0 Å². The van der Waals surface area contributed by atoms with E-state index < -0.39 is 16.0 Å². The molecule has 2 N–H and O–H groups in total. The summed E-state index contributed by atoms with van der Waals surface area (Å²) in [6.45, 7) is 3.82. The van der Waals surface area contributed by atoms with Gasteiger partial charge in [0.25, 0.3) is 0 Å². The maximum atomic E-state index is 11.8. The number of allylic oxidation sites excluding steroid dienone is 3. The number of aromatic nitrogens is 1. The van der Waals surface area contributed by atoms with E-state index >= 15 is 0 Å². The van der Waals surface area contributed by atoms with E-state index in [0.717, 1.165) is 48.9 Å². The summed E-state index contributed by atoms with van der Waals surface area (Å²) in [6, 6.07) is 1.79. The van der Waals surface area contributed by atoms with Crippen molar-refractivity contribution in [1.82, 2.24) is 3.97 Å². The van der Waals surface area contributed by atoms with Crippen LogP contribution in [0.3, 0.4) is 0 Å². The van der Waals surface area contributed by atoms with Crippen molar-refractivity contribution in [3.05, 3.63) is 45.8 Å². The molecule has 1 aromatic rings. The number of aryl methyl sites for hydroxylation is 1. The van der Waals surface area contributed by atoms with Crippen molar-refractivity contribution in [1.29, 1.82) is 0 Å². The fraction of sp³-hybridized carbons (Fsp3) is 0.565. The van der Waals surface area contributed by atoms with Gasteiger partial charge in [0.15, 0.2) is 0 Å². The molecule has 2 unspecified atom stereocenters. The largest absolute Gasteiger partial charge is 1.00 e. The molecule has 0 bridgehead atoms. The summed E-state index contributed by atoms with van der Waals surface area (Å²) in [6.07, 6.45) is 9.43. The minimum Gasteiger partial charge on any atom is -0.870 e. The van der Waals surface area contributed by atoms with Crippen molar-refractivity contribution in [3.8, 4) is 0 Å². The molecule has 3 aliphatic carbocycles. The van der Waals surface area contributed by atoms with Gasteiger partial charge in [0.2, 0.25) is 10.0 Å². The van der Waals surface area contributed by atoms with E-state index in [0.29, 0.717) is 18.5 Å². The number of fused-ring (bicyclic) bond motifs is 1. The number of ether oxygens (including phenoxy) is 1. The number of carbonyl (C=O) groups excluding carboxylic acids is 1. The molecule has 178 valence electrons. The molecule has 0 spiro atoms. The van der Waals surface area contributed by atoms with Gasteiger partial charge in [0.1, 0.15) is 0 Å². The van der Waals surface area contributed by atoms with Gasteiger partial charge in [-0.1, -0.05) is 17.2 Å². The number of hydrogen-bond donors (Lipinski definition) is 1. The van der Waals surface area contributed by atoms with Gasteiger partial charge >= 0.3 is 63.3 Å². The number of carboxylic acid groups (broad SMARTS) is 1. The number of aliphatic carboxylic acids is 1. The normalized spacial score (nSPS) is 21.3.